The van der Waals surface area contributed by atoms with Gasteiger partial charge < -0.3 is 20.3 Å². The molecule has 0 aliphatic carbocycles. The van der Waals surface area contributed by atoms with E-state index in [1.165, 1.54) is 0 Å². The topological polar surface area (TPSA) is 79.4 Å². The number of piperidine rings is 1. The van der Waals surface area contributed by atoms with Crippen molar-refractivity contribution in [2.24, 2.45) is 0 Å². The first-order valence-corrected chi connectivity index (χ1v) is 7.86. The number of hydrogen-bond donors (Lipinski definition) is 2. The van der Waals surface area contributed by atoms with Gasteiger partial charge in [0, 0.05) is 31.4 Å². The molecule has 7 nitrogen and oxygen atoms in total. The molecule has 0 aromatic carbocycles. The van der Waals surface area contributed by atoms with Crippen molar-refractivity contribution in [1.29, 1.82) is 0 Å². The van der Waals surface area contributed by atoms with E-state index in [9.17, 15) is 4.79 Å². The first-order valence-electron chi connectivity index (χ1n) is 7.86. The first-order chi connectivity index (χ1) is 10.6. The average molecular weight is 307 g/mol. The summed E-state index contributed by atoms with van der Waals surface area (Å²) < 4.78 is 5.03. The molecule has 1 aliphatic rings. The maximum atomic E-state index is 11.7. The van der Waals surface area contributed by atoms with Gasteiger partial charge in [0.15, 0.2) is 0 Å². The minimum Gasteiger partial charge on any atom is -0.450 e. The van der Waals surface area contributed by atoms with Gasteiger partial charge in [-0.05, 0) is 39.7 Å². The minimum absolute atomic E-state index is 0.216. The summed E-state index contributed by atoms with van der Waals surface area (Å²) in [5, 5.41) is 6.60. The largest absolute Gasteiger partial charge is 0.450 e. The van der Waals surface area contributed by atoms with Crippen LogP contribution in [0.4, 0.5) is 16.6 Å². The average Bonchev–Trinajstić information content (AvgIpc) is 2.48. The van der Waals surface area contributed by atoms with Crippen molar-refractivity contribution in [2.75, 3.05) is 30.3 Å². The van der Waals surface area contributed by atoms with Crippen LogP contribution in [0.5, 0.6) is 0 Å². The molecule has 7 heteroatoms. The first kappa shape index (κ1) is 16.3. The highest BCUT2D eigenvalue weighted by Crippen LogP contribution is 2.16. The number of nitrogens with zero attached hydrogens (tertiary/aromatic N) is 3. The number of nitrogens with one attached hydrogen (secondary N) is 2. The molecule has 1 aromatic rings. The Hall–Kier alpha value is -2.05. The van der Waals surface area contributed by atoms with Crippen LogP contribution in [0, 0.1) is 0 Å². The van der Waals surface area contributed by atoms with E-state index in [1.54, 1.807) is 11.1 Å². The Balaban J connectivity index is 1.84. The summed E-state index contributed by atoms with van der Waals surface area (Å²) in [6.45, 7) is 7.76. The maximum Gasteiger partial charge on any atom is 0.409 e. The van der Waals surface area contributed by atoms with Crippen LogP contribution in [0.25, 0.3) is 0 Å². The van der Waals surface area contributed by atoms with Gasteiger partial charge in [0.05, 0.1) is 6.61 Å². The lowest BCUT2D eigenvalue weighted by molar-refractivity contribution is 0.0983. The van der Waals surface area contributed by atoms with E-state index in [-0.39, 0.29) is 6.09 Å². The Bertz CT molecular complexity index is 487. The minimum atomic E-state index is -0.216. The zero-order chi connectivity index (χ0) is 15.9. The van der Waals surface area contributed by atoms with Crippen LogP contribution in [0.3, 0.4) is 0 Å². The van der Waals surface area contributed by atoms with E-state index >= 15 is 0 Å². The molecule has 0 atom stereocenters. The van der Waals surface area contributed by atoms with Crippen LogP contribution >= 0.6 is 0 Å². The lowest BCUT2D eigenvalue weighted by Gasteiger charge is -2.31. The van der Waals surface area contributed by atoms with Crippen molar-refractivity contribution >= 4 is 17.9 Å². The molecule has 0 bridgehead atoms. The lowest BCUT2D eigenvalue weighted by atomic mass is 10.1. The van der Waals surface area contributed by atoms with Crippen molar-refractivity contribution < 1.29 is 9.53 Å². The summed E-state index contributed by atoms with van der Waals surface area (Å²) in [5.41, 5.74) is 0. The fraction of sp³-hybridized carbons (Fsp3) is 0.667. The Kier molecular flexibility index (Phi) is 5.80. The van der Waals surface area contributed by atoms with Gasteiger partial charge in [-0.3, -0.25) is 0 Å². The van der Waals surface area contributed by atoms with E-state index in [1.807, 2.05) is 13.0 Å². The van der Waals surface area contributed by atoms with E-state index in [4.69, 9.17) is 4.74 Å². The zero-order valence-electron chi connectivity index (χ0n) is 13.5. The quantitative estimate of drug-likeness (QED) is 0.869. The number of aromatic nitrogens is 2. The molecule has 0 radical (unpaired) electrons. The van der Waals surface area contributed by atoms with Gasteiger partial charge in [-0.2, -0.15) is 4.98 Å². The Labute approximate surface area is 131 Å². The van der Waals surface area contributed by atoms with Gasteiger partial charge >= 0.3 is 6.09 Å². The molecule has 1 amide bonds. The van der Waals surface area contributed by atoms with E-state index in [0.717, 1.165) is 18.7 Å². The third-order valence-electron chi connectivity index (χ3n) is 3.45. The van der Waals surface area contributed by atoms with Crippen LogP contribution in [0.1, 0.15) is 33.6 Å². The molecule has 22 heavy (non-hydrogen) atoms. The van der Waals surface area contributed by atoms with Crippen LogP contribution in [0.2, 0.25) is 0 Å². The Morgan fingerprint density at radius 2 is 2.18 bits per heavy atom. The second kappa shape index (κ2) is 7.82. The molecule has 0 saturated carbocycles. The zero-order valence-corrected chi connectivity index (χ0v) is 13.5. The molecule has 0 spiro atoms. The third kappa shape index (κ3) is 4.75. The summed E-state index contributed by atoms with van der Waals surface area (Å²) in [7, 11) is 0. The SMILES string of the molecule is CCOC(=O)N1CCC(Nc2ccnc(NC(C)C)n2)CC1. The van der Waals surface area contributed by atoms with Gasteiger partial charge in [0.2, 0.25) is 5.95 Å². The number of rotatable bonds is 5. The number of ether oxygens (including phenoxy) is 1. The molecule has 1 fully saturated rings. The summed E-state index contributed by atoms with van der Waals surface area (Å²) in [4.78, 5) is 22.1. The maximum absolute atomic E-state index is 11.7. The van der Waals surface area contributed by atoms with Crippen LogP contribution in [-0.2, 0) is 4.74 Å². The van der Waals surface area contributed by atoms with E-state index < -0.39 is 0 Å². The Morgan fingerprint density at radius 1 is 1.45 bits per heavy atom. The highest BCUT2D eigenvalue weighted by Gasteiger charge is 2.23. The second-order valence-electron chi connectivity index (χ2n) is 5.67. The molecule has 1 aliphatic heterocycles. The molecule has 2 heterocycles. The predicted octanol–water partition coefficient (Wildman–Crippen LogP) is 2.33. The summed E-state index contributed by atoms with van der Waals surface area (Å²) >= 11 is 0. The van der Waals surface area contributed by atoms with Crippen LogP contribution < -0.4 is 10.6 Å². The summed E-state index contributed by atoms with van der Waals surface area (Å²) in [5.74, 6) is 1.44. The highest BCUT2D eigenvalue weighted by molar-refractivity contribution is 5.67. The molecule has 2 rings (SSSR count). The van der Waals surface area contributed by atoms with Crippen LogP contribution in [0.15, 0.2) is 12.3 Å². The van der Waals surface area contributed by atoms with Crippen LogP contribution in [-0.4, -0.2) is 52.7 Å². The summed E-state index contributed by atoms with van der Waals surface area (Å²) in [6.07, 6.45) is 3.30. The number of carbonyl (C=O) groups is 1. The molecule has 1 aromatic heterocycles. The van der Waals surface area contributed by atoms with Crippen molar-refractivity contribution in [3.63, 3.8) is 0 Å². The monoisotopic (exact) mass is 307 g/mol. The predicted molar refractivity (Wildman–Crippen MR) is 86.0 cm³/mol. The Morgan fingerprint density at radius 3 is 2.82 bits per heavy atom. The van der Waals surface area contributed by atoms with Crippen molar-refractivity contribution in [3.8, 4) is 0 Å². The van der Waals surface area contributed by atoms with Crippen molar-refractivity contribution in [2.45, 2.75) is 45.7 Å². The molecule has 2 N–H and O–H groups in total. The van der Waals surface area contributed by atoms with Crippen molar-refractivity contribution in [1.82, 2.24) is 14.9 Å². The van der Waals surface area contributed by atoms with E-state index in [0.29, 0.717) is 37.7 Å². The molecular formula is C15H25N5O2. The van der Waals surface area contributed by atoms with Gasteiger partial charge in [-0.25, -0.2) is 9.78 Å². The normalized spacial score (nSPS) is 15.7. The van der Waals surface area contributed by atoms with Gasteiger partial charge in [-0.15, -0.1) is 0 Å². The molecular weight excluding hydrogens is 282 g/mol. The third-order valence-corrected chi connectivity index (χ3v) is 3.45. The van der Waals surface area contributed by atoms with Gasteiger partial charge in [0.1, 0.15) is 5.82 Å². The van der Waals surface area contributed by atoms with Gasteiger partial charge in [0.25, 0.3) is 0 Å². The number of likely N-dealkylation sites (tertiary alicyclic amines) is 1. The number of carbonyl (C=O) groups excluding carboxylic acids is 1. The fourth-order valence-electron chi connectivity index (χ4n) is 2.40. The number of hydrogen-bond acceptors (Lipinski definition) is 6. The smallest absolute Gasteiger partial charge is 0.409 e. The van der Waals surface area contributed by atoms with Crippen molar-refractivity contribution in [3.05, 3.63) is 12.3 Å². The highest BCUT2D eigenvalue weighted by atomic mass is 16.6. The molecule has 0 unspecified atom stereocenters. The summed E-state index contributed by atoms with van der Waals surface area (Å²) in [6, 6.07) is 2.47. The molecule has 122 valence electrons. The standard InChI is InChI=1S/C15H25N5O2/c1-4-22-15(21)20-9-6-12(7-10-20)18-13-5-8-16-14(19-13)17-11(2)3/h5,8,11-12H,4,6-7,9-10H2,1-3H3,(H2,16,17,18,19). The second-order valence-corrected chi connectivity index (χ2v) is 5.67. The molecule has 1 saturated heterocycles. The van der Waals surface area contributed by atoms with E-state index in [2.05, 4.69) is 34.4 Å². The number of anilines is 2. The van der Waals surface area contributed by atoms with Gasteiger partial charge in [-0.1, -0.05) is 0 Å². The number of amides is 1. The lowest BCUT2D eigenvalue weighted by Crippen LogP contribution is -2.42. The fourth-order valence-corrected chi connectivity index (χ4v) is 2.40.